The summed E-state index contributed by atoms with van der Waals surface area (Å²) in [5.74, 6) is 0. The first kappa shape index (κ1) is 14.0. The summed E-state index contributed by atoms with van der Waals surface area (Å²) in [4.78, 5) is 18.6. The first-order chi connectivity index (χ1) is 8.54. The smallest absolute Gasteiger partial charge is 0.295 e. The van der Waals surface area contributed by atoms with E-state index < -0.39 is 10.1 Å². The second-order valence-corrected chi connectivity index (χ2v) is 4.68. The molecule has 1 N–H and O–H groups in total. The average Bonchev–Trinajstić information content (AvgIpc) is 2.38. The summed E-state index contributed by atoms with van der Waals surface area (Å²) in [5, 5.41) is 1.25. The highest BCUT2D eigenvalue weighted by molar-refractivity contribution is 7.86. The van der Waals surface area contributed by atoms with Crippen LogP contribution in [0, 0.1) is 0 Å². The van der Waals surface area contributed by atoms with Crippen LogP contribution in [0.1, 0.15) is 10.4 Å². The molecule has 0 aliphatic carbocycles. The Morgan fingerprint density at radius 1 is 1.06 bits per heavy atom. The Hall–Kier alpha value is -2.05. The van der Waals surface area contributed by atoms with Gasteiger partial charge in [-0.1, -0.05) is 30.3 Å². The molecule has 0 aliphatic rings. The topological polar surface area (TPSA) is 88.5 Å². The average molecular weight is 266 g/mol. The van der Waals surface area contributed by atoms with Gasteiger partial charge in [0.15, 0.2) is 6.29 Å². The second-order valence-electron chi connectivity index (χ2n) is 3.29. The van der Waals surface area contributed by atoms with Crippen LogP contribution in [-0.2, 0) is 14.9 Å². The van der Waals surface area contributed by atoms with Gasteiger partial charge in [0.2, 0.25) is 0 Å². The Morgan fingerprint density at radius 2 is 1.67 bits per heavy atom. The molecule has 0 amide bonds. The lowest BCUT2D eigenvalue weighted by molar-refractivity contribution is -0.0980. The molecule has 0 fully saturated rings. The summed E-state index contributed by atoms with van der Waals surface area (Å²) in [6.07, 6.45) is 0.436. The maximum Gasteiger partial charge on any atom is 0.295 e. The third kappa shape index (κ3) is 2.61. The van der Waals surface area contributed by atoms with Crippen LogP contribution in [0.25, 0.3) is 10.8 Å². The minimum atomic E-state index is -4.37. The molecule has 0 radical (unpaired) electrons. The van der Waals surface area contributed by atoms with E-state index in [0.29, 0.717) is 11.7 Å². The molecule has 0 saturated heterocycles. The van der Waals surface area contributed by atoms with E-state index in [0.717, 1.165) is 5.39 Å². The summed E-state index contributed by atoms with van der Waals surface area (Å²) in [7, 11) is -4.37. The molecule has 0 spiro atoms. The Labute approximate surface area is 104 Å². The van der Waals surface area contributed by atoms with E-state index in [1.165, 1.54) is 6.07 Å². The van der Waals surface area contributed by atoms with Gasteiger partial charge in [-0.15, -0.1) is 0 Å². The fraction of sp³-hybridized carbons (Fsp3) is 0. The van der Waals surface area contributed by atoms with Crippen molar-refractivity contribution in [3.63, 3.8) is 0 Å². The lowest BCUT2D eigenvalue weighted by Gasteiger charge is -2.05. The van der Waals surface area contributed by atoms with Gasteiger partial charge in [0.05, 0.1) is 0 Å². The van der Waals surface area contributed by atoms with Crippen molar-refractivity contribution in [3.05, 3.63) is 42.0 Å². The number of hydrogen-bond donors (Lipinski definition) is 1. The molecule has 0 aliphatic heterocycles. The lowest BCUT2D eigenvalue weighted by Crippen LogP contribution is -2.03. The van der Waals surface area contributed by atoms with Crippen LogP contribution < -0.4 is 0 Å². The first-order valence-corrected chi connectivity index (χ1v) is 6.21. The number of carbonyl (C=O) groups is 2. The highest BCUT2D eigenvalue weighted by Gasteiger charge is 2.16. The van der Waals surface area contributed by atoms with Crippen molar-refractivity contribution in [3.8, 4) is 0 Å². The first-order valence-electron chi connectivity index (χ1n) is 4.77. The zero-order valence-electron chi connectivity index (χ0n) is 9.24. The standard InChI is InChI=1S/C11H8O4S.CH2O/c12-7-10-9-4-2-1-3-8(9)5-6-11(10)16(13,14)15;1-2/h1-7H,(H,13,14,15);1H2. The van der Waals surface area contributed by atoms with Crippen LogP contribution >= 0.6 is 0 Å². The quantitative estimate of drug-likeness (QED) is 0.660. The Morgan fingerprint density at radius 3 is 2.22 bits per heavy atom. The lowest BCUT2D eigenvalue weighted by atomic mass is 10.1. The van der Waals surface area contributed by atoms with E-state index in [-0.39, 0.29) is 10.5 Å². The van der Waals surface area contributed by atoms with Gasteiger partial charge in [0.25, 0.3) is 10.1 Å². The van der Waals surface area contributed by atoms with E-state index in [9.17, 15) is 13.2 Å². The molecule has 2 aromatic carbocycles. The van der Waals surface area contributed by atoms with Crippen LogP contribution in [-0.4, -0.2) is 26.0 Å². The van der Waals surface area contributed by atoms with Crippen LogP contribution in [0.15, 0.2) is 41.3 Å². The number of carbonyl (C=O) groups excluding carboxylic acids is 2. The molecular weight excluding hydrogens is 256 g/mol. The van der Waals surface area contributed by atoms with Crippen LogP contribution in [0.5, 0.6) is 0 Å². The molecule has 0 aromatic heterocycles. The van der Waals surface area contributed by atoms with E-state index in [1.807, 2.05) is 6.79 Å². The molecule has 5 nitrogen and oxygen atoms in total. The predicted octanol–water partition coefficient (Wildman–Crippen LogP) is 1.71. The fourth-order valence-corrected chi connectivity index (χ4v) is 2.30. The highest BCUT2D eigenvalue weighted by Crippen LogP contribution is 2.24. The minimum Gasteiger partial charge on any atom is -0.307 e. The summed E-state index contributed by atoms with van der Waals surface area (Å²) < 4.78 is 31.1. The maximum absolute atomic E-state index is 11.1. The zero-order valence-corrected chi connectivity index (χ0v) is 10.1. The summed E-state index contributed by atoms with van der Waals surface area (Å²) in [6, 6.07) is 9.64. The Kier molecular flexibility index (Phi) is 4.30. The van der Waals surface area contributed by atoms with Gasteiger partial charge in [-0.05, 0) is 16.8 Å². The van der Waals surface area contributed by atoms with Gasteiger partial charge in [-0.2, -0.15) is 8.42 Å². The SMILES string of the molecule is C=O.O=Cc1c(S(=O)(=O)O)ccc2ccccc12. The molecule has 2 rings (SSSR count). The van der Waals surface area contributed by atoms with Gasteiger partial charge in [-0.3, -0.25) is 9.35 Å². The third-order valence-corrected chi connectivity index (χ3v) is 3.24. The van der Waals surface area contributed by atoms with Gasteiger partial charge in [-0.25, -0.2) is 0 Å². The Balaban J connectivity index is 0.000000771. The summed E-state index contributed by atoms with van der Waals surface area (Å²) >= 11 is 0. The largest absolute Gasteiger partial charge is 0.307 e. The Bertz CT molecular complexity index is 676. The van der Waals surface area contributed by atoms with Crippen molar-refractivity contribution < 1.29 is 22.6 Å². The normalized spacial score (nSPS) is 10.5. The van der Waals surface area contributed by atoms with Crippen molar-refractivity contribution in [2.24, 2.45) is 0 Å². The summed E-state index contributed by atoms with van der Waals surface area (Å²) in [6.45, 7) is 2.00. The molecule has 0 saturated carbocycles. The molecule has 18 heavy (non-hydrogen) atoms. The molecule has 0 heterocycles. The number of rotatable bonds is 2. The van der Waals surface area contributed by atoms with E-state index >= 15 is 0 Å². The van der Waals surface area contributed by atoms with Crippen molar-refractivity contribution in [1.29, 1.82) is 0 Å². The van der Waals surface area contributed by atoms with Crippen molar-refractivity contribution >= 4 is 34.0 Å². The van der Waals surface area contributed by atoms with Crippen molar-refractivity contribution in [2.75, 3.05) is 0 Å². The van der Waals surface area contributed by atoms with Gasteiger partial charge < -0.3 is 4.79 Å². The van der Waals surface area contributed by atoms with Crippen molar-refractivity contribution in [2.45, 2.75) is 4.90 Å². The molecule has 0 unspecified atom stereocenters. The molecule has 2 aromatic rings. The molecule has 0 bridgehead atoms. The van der Waals surface area contributed by atoms with Crippen molar-refractivity contribution in [1.82, 2.24) is 0 Å². The monoisotopic (exact) mass is 266 g/mol. The third-order valence-electron chi connectivity index (χ3n) is 2.33. The number of fused-ring (bicyclic) bond motifs is 1. The predicted molar refractivity (Wildman–Crippen MR) is 66.3 cm³/mol. The summed E-state index contributed by atoms with van der Waals surface area (Å²) in [5.41, 5.74) is -0.0133. The van der Waals surface area contributed by atoms with E-state index in [2.05, 4.69) is 0 Å². The highest BCUT2D eigenvalue weighted by atomic mass is 32.2. The molecular formula is C12H10O5S. The second kappa shape index (κ2) is 5.52. The molecule has 6 heteroatoms. The van der Waals surface area contributed by atoms with Gasteiger partial charge in [0.1, 0.15) is 11.7 Å². The maximum atomic E-state index is 11.1. The van der Waals surface area contributed by atoms with E-state index in [1.54, 1.807) is 30.3 Å². The minimum absolute atomic E-state index is 0.0133. The van der Waals surface area contributed by atoms with Crippen LogP contribution in [0.3, 0.4) is 0 Å². The fourth-order valence-electron chi connectivity index (χ4n) is 1.62. The zero-order chi connectivity index (χ0) is 13.8. The van der Waals surface area contributed by atoms with Crippen LogP contribution in [0.4, 0.5) is 0 Å². The number of benzene rings is 2. The number of aldehydes is 1. The van der Waals surface area contributed by atoms with E-state index in [4.69, 9.17) is 9.35 Å². The molecule has 0 atom stereocenters. The van der Waals surface area contributed by atoms with Crippen LogP contribution in [0.2, 0.25) is 0 Å². The number of hydrogen-bond acceptors (Lipinski definition) is 4. The molecule has 94 valence electrons. The van der Waals surface area contributed by atoms with Gasteiger partial charge >= 0.3 is 0 Å². The van der Waals surface area contributed by atoms with Gasteiger partial charge in [0, 0.05) is 5.56 Å².